The highest BCUT2D eigenvalue weighted by atomic mass is 35.5. The highest BCUT2D eigenvalue weighted by Crippen LogP contribution is 2.36. The Morgan fingerprint density at radius 3 is 2.62 bits per heavy atom. The van der Waals surface area contributed by atoms with Gasteiger partial charge in [-0.2, -0.15) is 0 Å². The minimum absolute atomic E-state index is 0. The molecule has 0 saturated heterocycles. The number of nitrogens with one attached hydrogen (secondary N) is 1. The molecular formula is C20H23ClN2O3. The molecule has 3 aromatic rings. The number of rotatable bonds is 7. The van der Waals surface area contributed by atoms with Gasteiger partial charge in [0.2, 0.25) is 5.76 Å². The van der Waals surface area contributed by atoms with Crippen LogP contribution in [0, 0.1) is 0 Å². The first-order valence-corrected chi connectivity index (χ1v) is 8.39. The zero-order chi connectivity index (χ0) is 17.6. The maximum atomic E-state index is 12.7. The van der Waals surface area contributed by atoms with Gasteiger partial charge in [0.1, 0.15) is 11.3 Å². The van der Waals surface area contributed by atoms with Crippen molar-refractivity contribution in [1.82, 2.24) is 5.32 Å². The first kappa shape index (κ1) is 19.8. The Balaban J connectivity index is 0.00000243. The number of halogens is 1. The molecule has 0 saturated carbocycles. The number of unbranched alkanes of at least 4 members (excludes halogenated alkanes) is 1. The summed E-state index contributed by atoms with van der Waals surface area (Å²) in [5, 5.41) is 3.80. The molecule has 3 rings (SSSR count). The second-order valence-electron chi connectivity index (χ2n) is 5.79. The van der Waals surface area contributed by atoms with Gasteiger partial charge < -0.3 is 20.2 Å². The summed E-state index contributed by atoms with van der Waals surface area (Å²) in [4.78, 5) is 12.7. The lowest BCUT2D eigenvalue weighted by molar-refractivity contribution is 0.0928. The molecule has 2 aromatic carbocycles. The number of amides is 1. The van der Waals surface area contributed by atoms with E-state index in [1.54, 1.807) is 13.2 Å². The maximum Gasteiger partial charge on any atom is 0.287 e. The number of benzene rings is 2. The Bertz CT molecular complexity index is 862. The monoisotopic (exact) mass is 374 g/mol. The Morgan fingerprint density at radius 1 is 1.15 bits per heavy atom. The van der Waals surface area contributed by atoms with E-state index in [1.807, 2.05) is 42.5 Å². The number of hydrogen-bond donors (Lipinski definition) is 2. The van der Waals surface area contributed by atoms with Gasteiger partial charge in [-0.3, -0.25) is 4.79 Å². The molecule has 5 nitrogen and oxygen atoms in total. The Morgan fingerprint density at radius 2 is 1.92 bits per heavy atom. The minimum atomic E-state index is -0.217. The zero-order valence-corrected chi connectivity index (χ0v) is 15.5. The van der Waals surface area contributed by atoms with Crippen molar-refractivity contribution in [1.29, 1.82) is 0 Å². The Labute approximate surface area is 158 Å². The van der Waals surface area contributed by atoms with Crippen LogP contribution < -0.4 is 15.8 Å². The van der Waals surface area contributed by atoms with Gasteiger partial charge in [-0.25, -0.2) is 0 Å². The third kappa shape index (κ3) is 4.18. The molecule has 0 atom stereocenters. The van der Waals surface area contributed by atoms with E-state index in [9.17, 15) is 4.79 Å². The van der Waals surface area contributed by atoms with Crippen LogP contribution in [0.1, 0.15) is 23.4 Å². The van der Waals surface area contributed by atoms with Crippen molar-refractivity contribution in [2.75, 3.05) is 20.2 Å². The quantitative estimate of drug-likeness (QED) is 0.613. The lowest BCUT2D eigenvalue weighted by Gasteiger charge is -2.05. The summed E-state index contributed by atoms with van der Waals surface area (Å²) >= 11 is 0. The molecule has 3 N–H and O–H groups in total. The summed E-state index contributed by atoms with van der Waals surface area (Å²) in [6.45, 7) is 1.19. The smallest absolute Gasteiger partial charge is 0.287 e. The third-order valence-electron chi connectivity index (χ3n) is 4.08. The third-order valence-corrected chi connectivity index (χ3v) is 4.08. The number of furan rings is 1. The summed E-state index contributed by atoms with van der Waals surface area (Å²) in [5.74, 6) is 0.795. The molecule has 0 unspecified atom stereocenters. The fourth-order valence-corrected chi connectivity index (χ4v) is 2.81. The lowest BCUT2D eigenvalue weighted by Crippen LogP contribution is -2.24. The topological polar surface area (TPSA) is 77.5 Å². The Hall–Kier alpha value is -2.50. The van der Waals surface area contributed by atoms with E-state index in [-0.39, 0.29) is 18.3 Å². The van der Waals surface area contributed by atoms with Crippen molar-refractivity contribution in [3.63, 3.8) is 0 Å². The molecule has 0 spiro atoms. The number of nitrogens with two attached hydrogens (primary N) is 1. The molecule has 1 aromatic heterocycles. The average Bonchev–Trinajstić information content (AvgIpc) is 3.04. The normalized spacial score (nSPS) is 10.4. The number of methoxy groups -OCH3 is 1. The molecular weight excluding hydrogens is 352 g/mol. The van der Waals surface area contributed by atoms with E-state index in [1.165, 1.54) is 0 Å². The maximum absolute atomic E-state index is 12.7. The molecule has 0 aliphatic carbocycles. The second-order valence-corrected chi connectivity index (χ2v) is 5.79. The van der Waals surface area contributed by atoms with E-state index in [0.29, 0.717) is 30.2 Å². The fraction of sp³-hybridized carbons (Fsp3) is 0.250. The van der Waals surface area contributed by atoms with Crippen LogP contribution in [0.25, 0.3) is 22.1 Å². The van der Waals surface area contributed by atoms with Gasteiger partial charge in [0.25, 0.3) is 5.91 Å². The second kappa shape index (κ2) is 9.27. The molecule has 0 bridgehead atoms. The molecule has 1 amide bonds. The van der Waals surface area contributed by atoms with Crippen molar-refractivity contribution in [3.05, 3.63) is 54.3 Å². The summed E-state index contributed by atoms with van der Waals surface area (Å²) < 4.78 is 11.2. The molecule has 0 aliphatic heterocycles. The average molecular weight is 375 g/mol. The van der Waals surface area contributed by atoms with Crippen LogP contribution >= 0.6 is 12.4 Å². The van der Waals surface area contributed by atoms with Crippen molar-refractivity contribution < 1.29 is 13.9 Å². The van der Waals surface area contributed by atoms with E-state index in [4.69, 9.17) is 14.9 Å². The largest absolute Gasteiger partial charge is 0.497 e. The van der Waals surface area contributed by atoms with Gasteiger partial charge in [0.05, 0.1) is 7.11 Å². The van der Waals surface area contributed by atoms with Crippen LogP contribution in [0.4, 0.5) is 0 Å². The number of fused-ring (bicyclic) bond motifs is 1. The molecule has 0 aliphatic rings. The number of carbonyl (C=O) groups excluding carboxylic acids is 1. The van der Waals surface area contributed by atoms with Gasteiger partial charge in [0, 0.05) is 23.6 Å². The van der Waals surface area contributed by atoms with Crippen LogP contribution in [0.5, 0.6) is 5.75 Å². The molecule has 26 heavy (non-hydrogen) atoms. The van der Waals surface area contributed by atoms with E-state index in [2.05, 4.69) is 5.32 Å². The minimum Gasteiger partial charge on any atom is -0.497 e. The molecule has 0 radical (unpaired) electrons. The summed E-state index contributed by atoms with van der Waals surface area (Å²) in [6.07, 6.45) is 1.72. The van der Waals surface area contributed by atoms with Crippen molar-refractivity contribution in [2.45, 2.75) is 12.8 Å². The molecule has 138 valence electrons. The van der Waals surface area contributed by atoms with Crippen LogP contribution in [0.3, 0.4) is 0 Å². The first-order valence-electron chi connectivity index (χ1n) is 8.39. The first-order chi connectivity index (χ1) is 12.2. The van der Waals surface area contributed by atoms with Crippen molar-refractivity contribution >= 4 is 29.3 Å². The molecule has 0 fully saturated rings. The van der Waals surface area contributed by atoms with Gasteiger partial charge in [-0.15, -0.1) is 12.4 Å². The number of ether oxygens (including phenoxy) is 1. The molecule has 6 heteroatoms. The molecule has 1 heterocycles. The van der Waals surface area contributed by atoms with Crippen LogP contribution in [0.2, 0.25) is 0 Å². The summed E-state index contributed by atoms with van der Waals surface area (Å²) in [5.41, 5.74) is 7.87. The van der Waals surface area contributed by atoms with Crippen molar-refractivity contribution in [2.24, 2.45) is 5.73 Å². The summed E-state index contributed by atoms with van der Waals surface area (Å²) in [6, 6.07) is 15.4. The predicted octanol–water partition coefficient (Wildman–Crippen LogP) is 4.00. The van der Waals surface area contributed by atoms with Crippen LogP contribution in [-0.2, 0) is 0 Å². The standard InChI is InChI=1S/C20H22N2O3.ClH/c1-24-15-9-10-16-17(13-15)25-19(20(23)22-12-6-5-11-21)18(16)14-7-3-2-4-8-14;/h2-4,7-10,13H,5-6,11-12,21H2,1H3,(H,22,23);1H. The highest BCUT2D eigenvalue weighted by Gasteiger charge is 2.21. The van der Waals surface area contributed by atoms with E-state index in [0.717, 1.165) is 29.4 Å². The highest BCUT2D eigenvalue weighted by molar-refractivity contribution is 6.08. The van der Waals surface area contributed by atoms with E-state index >= 15 is 0 Å². The van der Waals surface area contributed by atoms with Crippen LogP contribution in [0.15, 0.2) is 52.9 Å². The van der Waals surface area contributed by atoms with E-state index < -0.39 is 0 Å². The predicted molar refractivity (Wildman–Crippen MR) is 106 cm³/mol. The SMILES string of the molecule is COc1ccc2c(-c3ccccc3)c(C(=O)NCCCCN)oc2c1.Cl. The summed E-state index contributed by atoms with van der Waals surface area (Å²) in [7, 11) is 1.60. The Kier molecular flexibility index (Phi) is 7.06. The number of hydrogen-bond acceptors (Lipinski definition) is 4. The van der Waals surface area contributed by atoms with Crippen LogP contribution in [-0.4, -0.2) is 26.1 Å². The van der Waals surface area contributed by atoms with Gasteiger partial charge >= 0.3 is 0 Å². The van der Waals surface area contributed by atoms with Gasteiger partial charge in [0.15, 0.2) is 0 Å². The van der Waals surface area contributed by atoms with Crippen molar-refractivity contribution in [3.8, 4) is 16.9 Å². The van der Waals surface area contributed by atoms with Gasteiger partial charge in [-0.05, 0) is 37.1 Å². The fourth-order valence-electron chi connectivity index (χ4n) is 2.81. The number of carbonyl (C=O) groups is 1. The zero-order valence-electron chi connectivity index (χ0n) is 14.7. The van der Waals surface area contributed by atoms with Gasteiger partial charge in [-0.1, -0.05) is 30.3 Å². The lowest BCUT2D eigenvalue weighted by atomic mass is 10.0.